The minimum Gasteiger partial charge on any atom is -0.389 e. The molecule has 6 unspecified atom stereocenters. The predicted octanol–water partition coefficient (Wildman–Crippen LogP) is 6.85. The highest BCUT2D eigenvalue weighted by molar-refractivity contribution is 6.01. The molecular formula is C40H52O6. The van der Waals surface area contributed by atoms with Crippen molar-refractivity contribution in [2.45, 2.75) is 93.2 Å². The van der Waals surface area contributed by atoms with Crippen LogP contribution in [0.3, 0.4) is 0 Å². The van der Waals surface area contributed by atoms with Gasteiger partial charge in [0, 0.05) is 11.3 Å². The van der Waals surface area contributed by atoms with Gasteiger partial charge in [-0.15, -0.1) is 0 Å². The number of rotatable bonds is 11. The molecule has 0 spiro atoms. The molecule has 0 saturated heterocycles. The van der Waals surface area contributed by atoms with E-state index < -0.39 is 41.4 Å². The second-order valence-electron chi connectivity index (χ2n) is 12.6. The third-order valence-electron chi connectivity index (χ3n) is 9.05. The number of carbonyl (C=O) groups is 2. The maximum Gasteiger partial charge on any atom is 0.189 e. The van der Waals surface area contributed by atoms with Gasteiger partial charge >= 0.3 is 0 Å². The Morgan fingerprint density at radius 3 is 1.61 bits per heavy atom. The summed E-state index contributed by atoms with van der Waals surface area (Å²) in [6.45, 7) is 17.0. The fraction of sp³-hybridized carbons (Fsp3) is 0.400. The highest BCUT2D eigenvalue weighted by Gasteiger charge is 2.46. The predicted molar refractivity (Wildman–Crippen MR) is 188 cm³/mol. The number of ketones is 2. The summed E-state index contributed by atoms with van der Waals surface area (Å²) in [4.78, 5) is 24.5. The van der Waals surface area contributed by atoms with E-state index in [2.05, 4.69) is 0 Å². The van der Waals surface area contributed by atoms with E-state index >= 15 is 0 Å². The van der Waals surface area contributed by atoms with Crippen molar-refractivity contribution in [2.24, 2.45) is 11.3 Å². The fourth-order valence-electron chi connectivity index (χ4n) is 5.52. The summed E-state index contributed by atoms with van der Waals surface area (Å²) in [7, 11) is 0. The van der Waals surface area contributed by atoms with E-state index in [4.69, 9.17) is 0 Å². The van der Waals surface area contributed by atoms with Gasteiger partial charge in [0.05, 0.1) is 12.2 Å². The van der Waals surface area contributed by atoms with E-state index in [9.17, 15) is 30.0 Å². The Labute approximate surface area is 275 Å². The van der Waals surface area contributed by atoms with Crippen molar-refractivity contribution in [1.29, 1.82) is 0 Å². The lowest BCUT2D eigenvalue weighted by atomic mass is 9.66. The van der Waals surface area contributed by atoms with Crippen LogP contribution in [-0.2, 0) is 9.59 Å². The van der Waals surface area contributed by atoms with Crippen LogP contribution in [0.25, 0.3) is 0 Å². The first-order valence-electron chi connectivity index (χ1n) is 15.9. The third-order valence-corrected chi connectivity index (χ3v) is 9.05. The summed E-state index contributed by atoms with van der Waals surface area (Å²) in [6, 6.07) is 0. The highest BCUT2D eigenvalue weighted by atomic mass is 16.3. The lowest BCUT2D eigenvalue weighted by Crippen LogP contribution is -2.50. The maximum absolute atomic E-state index is 12.4. The molecule has 0 saturated carbocycles. The molecule has 46 heavy (non-hydrogen) atoms. The van der Waals surface area contributed by atoms with Gasteiger partial charge in [0.1, 0.15) is 12.2 Å². The maximum atomic E-state index is 12.4. The van der Waals surface area contributed by atoms with Gasteiger partial charge in [0.15, 0.2) is 11.6 Å². The second-order valence-corrected chi connectivity index (χ2v) is 12.6. The molecule has 248 valence electrons. The standard InChI is InChI=1S/C40H52O6/c1-10-40(9)33(31(8)36(43)38(45)39(40)46)24-22-28(5)20-14-18-26(3)16-12-11-15-25(2)17-13-19-27(4)21-23-32-29(6)34(41)37(44)35(42)30(32)7/h11-24,29,34,37-39,41,44-46H,10H2,1-9H3/b12-11+,17-13+,18-14+,23-21+,24-22+,25-15+,26-16+,27-19+,28-20+. The average molecular weight is 629 g/mol. The van der Waals surface area contributed by atoms with Crippen LogP contribution < -0.4 is 0 Å². The Balaban J connectivity index is 1.98. The Morgan fingerprint density at radius 2 is 1.11 bits per heavy atom. The largest absolute Gasteiger partial charge is 0.389 e. The van der Waals surface area contributed by atoms with Gasteiger partial charge in [-0.2, -0.15) is 0 Å². The molecule has 0 aromatic carbocycles. The van der Waals surface area contributed by atoms with E-state index in [1.54, 1.807) is 20.8 Å². The minimum atomic E-state index is -1.38. The molecule has 0 aliphatic heterocycles. The molecule has 6 heteroatoms. The number of allylic oxidation sites excluding steroid dienone is 18. The average Bonchev–Trinajstić information content (AvgIpc) is 3.02. The number of aliphatic hydroxyl groups excluding tert-OH is 4. The topological polar surface area (TPSA) is 115 Å². The molecule has 0 bridgehead atoms. The molecule has 0 fully saturated rings. The number of hydrogen-bond donors (Lipinski definition) is 4. The molecule has 0 radical (unpaired) electrons. The van der Waals surface area contributed by atoms with E-state index in [0.29, 0.717) is 17.6 Å². The number of hydrogen-bond acceptors (Lipinski definition) is 6. The molecule has 6 atom stereocenters. The SMILES string of the molecule is CCC1(C)C(/C=C/C(C)=C/C=C/C(C)=C/C=C/C=C(C)/C=C/C=C(C)/C=C/C2=C(C)C(=O)C(O)C(O)C2C)=C(C)C(=O)C(O)C1O. The molecule has 0 amide bonds. The van der Waals surface area contributed by atoms with Crippen molar-refractivity contribution in [3.05, 3.63) is 130 Å². The van der Waals surface area contributed by atoms with Crippen LogP contribution in [0.1, 0.15) is 68.7 Å². The first-order chi connectivity index (χ1) is 21.6. The Kier molecular flexibility index (Phi) is 14.5. The fourth-order valence-corrected chi connectivity index (χ4v) is 5.52. The molecule has 2 aliphatic carbocycles. The zero-order chi connectivity index (χ0) is 34.8. The van der Waals surface area contributed by atoms with Crippen LogP contribution in [0.15, 0.2) is 130 Å². The van der Waals surface area contributed by atoms with Gasteiger partial charge in [0.25, 0.3) is 0 Å². The first kappa shape index (κ1) is 38.5. The molecular weight excluding hydrogens is 576 g/mol. The summed E-state index contributed by atoms with van der Waals surface area (Å²) in [5.41, 5.74) is 5.91. The van der Waals surface area contributed by atoms with Crippen molar-refractivity contribution >= 4 is 11.6 Å². The lowest BCUT2D eigenvalue weighted by molar-refractivity contribution is -0.136. The number of carbonyl (C=O) groups excluding carboxylic acids is 2. The van der Waals surface area contributed by atoms with E-state index in [0.717, 1.165) is 33.4 Å². The molecule has 0 aromatic heterocycles. The molecule has 4 N–H and O–H groups in total. The van der Waals surface area contributed by atoms with Crippen LogP contribution >= 0.6 is 0 Å². The smallest absolute Gasteiger partial charge is 0.189 e. The van der Waals surface area contributed by atoms with Crippen molar-refractivity contribution in [1.82, 2.24) is 0 Å². The Morgan fingerprint density at radius 1 is 0.674 bits per heavy atom. The quantitative estimate of drug-likeness (QED) is 0.186. The summed E-state index contributed by atoms with van der Waals surface area (Å²) < 4.78 is 0. The van der Waals surface area contributed by atoms with Gasteiger partial charge in [-0.05, 0) is 70.3 Å². The molecule has 0 aromatic rings. The van der Waals surface area contributed by atoms with Crippen LogP contribution in [0.5, 0.6) is 0 Å². The van der Waals surface area contributed by atoms with Crippen molar-refractivity contribution < 1.29 is 30.0 Å². The van der Waals surface area contributed by atoms with Gasteiger partial charge in [0.2, 0.25) is 0 Å². The zero-order valence-corrected chi connectivity index (χ0v) is 28.8. The van der Waals surface area contributed by atoms with Gasteiger partial charge < -0.3 is 20.4 Å². The summed E-state index contributed by atoms with van der Waals surface area (Å²) in [5, 5.41) is 40.8. The Bertz CT molecular complexity index is 1500. The second kappa shape index (κ2) is 17.3. The van der Waals surface area contributed by atoms with E-state index in [1.165, 1.54) is 0 Å². The summed E-state index contributed by atoms with van der Waals surface area (Å²) in [5.74, 6) is -1.17. The third kappa shape index (κ3) is 9.66. The highest BCUT2D eigenvalue weighted by Crippen LogP contribution is 2.43. The Hall–Kier alpha value is -3.68. The number of Topliss-reactive ketones (excluding diaryl/α,β-unsaturated/α-hetero) is 2. The lowest BCUT2D eigenvalue weighted by Gasteiger charge is -2.41. The van der Waals surface area contributed by atoms with Crippen molar-refractivity contribution in [3.63, 3.8) is 0 Å². The zero-order valence-electron chi connectivity index (χ0n) is 28.8. The number of aliphatic hydroxyl groups is 4. The van der Waals surface area contributed by atoms with Crippen LogP contribution in [0, 0.1) is 11.3 Å². The van der Waals surface area contributed by atoms with Gasteiger partial charge in [-0.25, -0.2) is 0 Å². The minimum absolute atomic E-state index is 0.325. The molecule has 6 nitrogen and oxygen atoms in total. The van der Waals surface area contributed by atoms with Crippen LogP contribution in [0.4, 0.5) is 0 Å². The van der Waals surface area contributed by atoms with Crippen molar-refractivity contribution in [3.8, 4) is 0 Å². The van der Waals surface area contributed by atoms with E-state index in [-0.39, 0.29) is 5.92 Å². The van der Waals surface area contributed by atoms with Gasteiger partial charge in [-0.3, -0.25) is 9.59 Å². The molecule has 2 rings (SSSR count). The first-order valence-corrected chi connectivity index (χ1v) is 15.9. The summed E-state index contributed by atoms with van der Waals surface area (Å²) in [6.07, 6.45) is 23.0. The van der Waals surface area contributed by atoms with Gasteiger partial charge in [-0.1, -0.05) is 128 Å². The monoisotopic (exact) mass is 628 g/mol. The van der Waals surface area contributed by atoms with Crippen LogP contribution in [-0.4, -0.2) is 56.4 Å². The molecule has 2 aliphatic rings. The van der Waals surface area contributed by atoms with Crippen molar-refractivity contribution in [2.75, 3.05) is 0 Å². The van der Waals surface area contributed by atoms with Crippen LogP contribution in [0.2, 0.25) is 0 Å². The normalized spacial score (nSPS) is 29.8. The van der Waals surface area contributed by atoms with E-state index in [1.807, 2.05) is 127 Å². The molecule has 0 heterocycles. The summed E-state index contributed by atoms with van der Waals surface area (Å²) >= 11 is 0.